The normalized spacial score (nSPS) is 12.9. The molecular formula is C12H15FN4O2. The Morgan fingerprint density at radius 1 is 1.42 bits per heavy atom. The zero-order chi connectivity index (χ0) is 13.8. The summed E-state index contributed by atoms with van der Waals surface area (Å²) in [6.07, 6.45) is 1.16. The molecule has 2 rings (SSSR count). The van der Waals surface area contributed by atoms with E-state index < -0.39 is 11.9 Å². The maximum absolute atomic E-state index is 12.7. The van der Waals surface area contributed by atoms with Gasteiger partial charge >= 0.3 is 0 Å². The van der Waals surface area contributed by atoms with Gasteiger partial charge in [0, 0.05) is 0 Å². The maximum atomic E-state index is 12.7. The van der Waals surface area contributed by atoms with Crippen LogP contribution in [0.5, 0.6) is 0 Å². The van der Waals surface area contributed by atoms with Gasteiger partial charge in [0.1, 0.15) is 11.5 Å². The van der Waals surface area contributed by atoms with Crippen molar-refractivity contribution in [1.29, 1.82) is 0 Å². The van der Waals surface area contributed by atoms with Gasteiger partial charge in [0.25, 0.3) is 5.89 Å². The van der Waals surface area contributed by atoms with E-state index in [4.69, 9.17) is 15.0 Å². The lowest BCUT2D eigenvalue weighted by molar-refractivity contribution is 0.0665. The molecule has 0 saturated heterocycles. The van der Waals surface area contributed by atoms with Crippen LogP contribution in [0.25, 0.3) is 11.6 Å². The Morgan fingerprint density at radius 2 is 2.21 bits per heavy atom. The molecule has 1 atom stereocenters. The summed E-state index contributed by atoms with van der Waals surface area (Å²) in [5.74, 6) is 0.113. The number of nitrogens with zero attached hydrogens (tertiary/aromatic N) is 3. The second-order valence-electron chi connectivity index (χ2n) is 4.31. The van der Waals surface area contributed by atoms with Crippen LogP contribution in [0, 0.1) is 5.82 Å². The lowest BCUT2D eigenvalue weighted by Crippen LogP contribution is -2.20. The number of hydrogen-bond donors (Lipinski definition) is 1. The Labute approximate surface area is 109 Å². The van der Waals surface area contributed by atoms with Gasteiger partial charge < -0.3 is 15.0 Å². The van der Waals surface area contributed by atoms with E-state index in [1.165, 1.54) is 12.1 Å². The van der Waals surface area contributed by atoms with Gasteiger partial charge in [0.15, 0.2) is 5.82 Å². The summed E-state index contributed by atoms with van der Waals surface area (Å²) >= 11 is 0. The van der Waals surface area contributed by atoms with E-state index >= 15 is 0 Å². The van der Waals surface area contributed by atoms with Crippen LogP contribution in [0.2, 0.25) is 0 Å². The zero-order valence-corrected chi connectivity index (χ0v) is 10.7. The molecule has 6 nitrogen and oxygen atoms in total. The largest absolute Gasteiger partial charge is 0.377 e. The average molecular weight is 266 g/mol. The summed E-state index contributed by atoms with van der Waals surface area (Å²) in [5.41, 5.74) is 6.27. The molecule has 0 aromatic carbocycles. The van der Waals surface area contributed by atoms with Gasteiger partial charge in [-0.3, -0.25) is 0 Å². The van der Waals surface area contributed by atoms with Gasteiger partial charge in [-0.2, -0.15) is 4.98 Å². The quantitative estimate of drug-likeness (QED) is 0.886. The summed E-state index contributed by atoms with van der Waals surface area (Å²) < 4.78 is 23.2. The molecule has 0 aliphatic carbocycles. The second-order valence-corrected chi connectivity index (χ2v) is 4.31. The van der Waals surface area contributed by atoms with Crippen molar-refractivity contribution in [2.75, 3.05) is 6.61 Å². The summed E-state index contributed by atoms with van der Waals surface area (Å²) in [6.45, 7) is 4.13. The van der Waals surface area contributed by atoms with Gasteiger partial charge in [-0.25, -0.2) is 9.37 Å². The minimum Gasteiger partial charge on any atom is -0.377 e. The van der Waals surface area contributed by atoms with Crippen LogP contribution >= 0.6 is 0 Å². The highest BCUT2D eigenvalue weighted by atomic mass is 19.1. The highest BCUT2D eigenvalue weighted by Gasteiger charge is 2.16. The highest BCUT2D eigenvalue weighted by molar-refractivity contribution is 5.45. The monoisotopic (exact) mass is 266 g/mol. The van der Waals surface area contributed by atoms with Crippen molar-refractivity contribution in [3.8, 4) is 11.6 Å². The van der Waals surface area contributed by atoms with Crippen LogP contribution in [-0.2, 0) is 4.74 Å². The number of halogens is 1. The third kappa shape index (κ3) is 3.55. The molecule has 1 unspecified atom stereocenters. The van der Waals surface area contributed by atoms with Gasteiger partial charge in [0.05, 0.1) is 24.9 Å². The molecule has 0 bridgehead atoms. The minimum atomic E-state index is -0.472. The number of aromatic nitrogens is 3. The molecule has 0 amide bonds. The van der Waals surface area contributed by atoms with E-state index in [9.17, 15) is 4.39 Å². The molecule has 19 heavy (non-hydrogen) atoms. The third-order valence-electron chi connectivity index (χ3n) is 2.33. The van der Waals surface area contributed by atoms with Crippen molar-refractivity contribution in [1.82, 2.24) is 15.1 Å². The maximum Gasteiger partial charge on any atom is 0.276 e. The first-order valence-corrected chi connectivity index (χ1v) is 5.89. The molecule has 0 saturated carbocycles. The molecular weight excluding hydrogens is 251 g/mol. The van der Waals surface area contributed by atoms with Crippen molar-refractivity contribution in [3.63, 3.8) is 0 Å². The molecule has 0 fully saturated rings. The van der Waals surface area contributed by atoms with Gasteiger partial charge in [-0.1, -0.05) is 5.16 Å². The summed E-state index contributed by atoms with van der Waals surface area (Å²) in [7, 11) is 0. The fraction of sp³-hybridized carbons (Fsp3) is 0.417. The fourth-order valence-corrected chi connectivity index (χ4v) is 1.36. The molecule has 102 valence electrons. The van der Waals surface area contributed by atoms with E-state index in [1.807, 2.05) is 13.8 Å². The first-order chi connectivity index (χ1) is 9.06. The van der Waals surface area contributed by atoms with E-state index in [2.05, 4.69) is 15.1 Å². The van der Waals surface area contributed by atoms with Crippen molar-refractivity contribution in [2.45, 2.75) is 26.0 Å². The van der Waals surface area contributed by atoms with Crippen LogP contribution < -0.4 is 5.73 Å². The third-order valence-corrected chi connectivity index (χ3v) is 2.33. The first-order valence-electron chi connectivity index (χ1n) is 5.89. The minimum absolute atomic E-state index is 0.0798. The molecule has 2 heterocycles. The molecule has 7 heteroatoms. The Kier molecular flexibility index (Phi) is 4.18. The number of rotatable bonds is 5. The van der Waals surface area contributed by atoms with Gasteiger partial charge in [-0.15, -0.1) is 0 Å². The Hall–Kier alpha value is -1.86. The lowest BCUT2D eigenvalue weighted by atomic mass is 10.3. The Bertz CT molecular complexity index is 527. The average Bonchev–Trinajstić information content (AvgIpc) is 2.86. The van der Waals surface area contributed by atoms with Crippen LogP contribution in [0.1, 0.15) is 25.7 Å². The number of ether oxygens (including phenoxy) is 1. The predicted molar refractivity (Wildman–Crippen MR) is 65.5 cm³/mol. The standard InChI is InChI=1S/C12H15FN4O2/c1-7(2)18-6-9(14)11-16-12(19-17-11)10-4-3-8(13)5-15-10/h3-5,7,9H,6,14H2,1-2H3. The van der Waals surface area contributed by atoms with Crippen molar-refractivity contribution in [2.24, 2.45) is 5.73 Å². The molecule has 0 aliphatic heterocycles. The topological polar surface area (TPSA) is 87.1 Å². The van der Waals surface area contributed by atoms with E-state index in [-0.39, 0.29) is 12.0 Å². The summed E-state index contributed by atoms with van der Waals surface area (Å²) in [6, 6.07) is 2.26. The van der Waals surface area contributed by atoms with Crippen LogP contribution in [-0.4, -0.2) is 27.8 Å². The first kappa shape index (κ1) is 13.6. The van der Waals surface area contributed by atoms with E-state index in [0.717, 1.165) is 6.20 Å². The molecule has 2 aromatic rings. The van der Waals surface area contributed by atoms with Crippen LogP contribution in [0.15, 0.2) is 22.9 Å². The summed E-state index contributed by atoms with van der Waals surface area (Å²) in [5, 5.41) is 3.77. The van der Waals surface area contributed by atoms with E-state index in [0.29, 0.717) is 18.1 Å². The lowest BCUT2D eigenvalue weighted by Gasteiger charge is -2.10. The van der Waals surface area contributed by atoms with Crippen LogP contribution in [0.3, 0.4) is 0 Å². The highest BCUT2D eigenvalue weighted by Crippen LogP contribution is 2.16. The fourth-order valence-electron chi connectivity index (χ4n) is 1.36. The Morgan fingerprint density at radius 3 is 2.84 bits per heavy atom. The molecule has 2 N–H and O–H groups in total. The predicted octanol–water partition coefficient (Wildman–Crippen LogP) is 1.70. The van der Waals surface area contributed by atoms with Gasteiger partial charge in [-0.05, 0) is 26.0 Å². The SMILES string of the molecule is CC(C)OCC(N)c1noc(-c2ccc(F)cn2)n1. The molecule has 0 spiro atoms. The van der Waals surface area contributed by atoms with E-state index in [1.54, 1.807) is 0 Å². The molecule has 0 radical (unpaired) electrons. The number of pyridine rings is 1. The second kappa shape index (κ2) is 5.85. The summed E-state index contributed by atoms with van der Waals surface area (Å²) in [4.78, 5) is 7.97. The molecule has 2 aromatic heterocycles. The number of hydrogen-bond acceptors (Lipinski definition) is 6. The van der Waals surface area contributed by atoms with Crippen molar-refractivity contribution >= 4 is 0 Å². The Balaban J connectivity index is 2.08. The van der Waals surface area contributed by atoms with Crippen molar-refractivity contribution in [3.05, 3.63) is 30.0 Å². The molecule has 0 aliphatic rings. The smallest absolute Gasteiger partial charge is 0.276 e. The zero-order valence-electron chi connectivity index (χ0n) is 10.7. The van der Waals surface area contributed by atoms with Crippen molar-refractivity contribution < 1.29 is 13.7 Å². The number of nitrogens with two attached hydrogens (primary N) is 1. The van der Waals surface area contributed by atoms with Gasteiger partial charge in [0.2, 0.25) is 0 Å². The van der Waals surface area contributed by atoms with Crippen LogP contribution in [0.4, 0.5) is 4.39 Å².